The van der Waals surface area contributed by atoms with Crippen LogP contribution in [0.5, 0.6) is 0 Å². The fraction of sp³-hybridized carbons (Fsp3) is 0.583. The van der Waals surface area contributed by atoms with Gasteiger partial charge in [0.25, 0.3) is 0 Å². The monoisotopic (exact) mass is 242 g/mol. The molecule has 2 heterocycles. The van der Waals surface area contributed by atoms with Crippen molar-refractivity contribution >= 4 is 12.4 Å². The van der Waals surface area contributed by atoms with E-state index >= 15 is 0 Å². The van der Waals surface area contributed by atoms with E-state index in [-0.39, 0.29) is 18.4 Å². The molecule has 1 aromatic heterocycles. The molecule has 2 N–H and O–H groups in total. The Balaban J connectivity index is 0.00000128. The number of halogens is 1. The van der Waals surface area contributed by atoms with Crippen LogP contribution in [0.3, 0.4) is 0 Å². The lowest BCUT2D eigenvalue weighted by Crippen LogP contribution is -2.28. The Bertz CT molecular complexity index is 327. The predicted octanol–water partition coefficient (Wildman–Crippen LogP) is 2.24. The molecule has 0 amide bonds. The first kappa shape index (κ1) is 13.4. The SMILES string of the molecule is Cc1cccc(C(N)C2CCOCC2)n1.Cl. The van der Waals surface area contributed by atoms with Gasteiger partial charge in [0, 0.05) is 18.9 Å². The van der Waals surface area contributed by atoms with Crippen molar-refractivity contribution in [2.75, 3.05) is 13.2 Å². The molecule has 0 aromatic carbocycles. The van der Waals surface area contributed by atoms with Gasteiger partial charge in [-0.15, -0.1) is 12.4 Å². The van der Waals surface area contributed by atoms with E-state index in [4.69, 9.17) is 10.5 Å². The summed E-state index contributed by atoms with van der Waals surface area (Å²) in [5.41, 5.74) is 8.27. The molecule has 1 saturated heterocycles. The van der Waals surface area contributed by atoms with Gasteiger partial charge in [-0.3, -0.25) is 4.98 Å². The van der Waals surface area contributed by atoms with E-state index in [0.29, 0.717) is 5.92 Å². The molecule has 3 nitrogen and oxygen atoms in total. The number of hydrogen-bond acceptors (Lipinski definition) is 3. The van der Waals surface area contributed by atoms with Gasteiger partial charge >= 0.3 is 0 Å². The molecule has 1 unspecified atom stereocenters. The van der Waals surface area contributed by atoms with E-state index in [0.717, 1.165) is 37.4 Å². The molecule has 90 valence electrons. The van der Waals surface area contributed by atoms with Gasteiger partial charge in [-0.05, 0) is 37.8 Å². The maximum absolute atomic E-state index is 6.22. The molecule has 1 aliphatic heterocycles. The summed E-state index contributed by atoms with van der Waals surface area (Å²) in [6.07, 6.45) is 2.10. The molecule has 0 aliphatic carbocycles. The predicted molar refractivity (Wildman–Crippen MR) is 66.7 cm³/mol. The topological polar surface area (TPSA) is 48.1 Å². The van der Waals surface area contributed by atoms with Gasteiger partial charge in [0.15, 0.2) is 0 Å². The first-order valence-electron chi connectivity index (χ1n) is 5.54. The van der Waals surface area contributed by atoms with Crippen molar-refractivity contribution in [2.24, 2.45) is 11.7 Å². The Kier molecular flexibility index (Phi) is 5.19. The zero-order valence-corrected chi connectivity index (χ0v) is 10.4. The summed E-state index contributed by atoms with van der Waals surface area (Å²) in [7, 11) is 0. The molecule has 1 atom stereocenters. The summed E-state index contributed by atoms with van der Waals surface area (Å²) in [6, 6.07) is 6.11. The van der Waals surface area contributed by atoms with E-state index in [1.54, 1.807) is 0 Å². The van der Waals surface area contributed by atoms with Crippen molar-refractivity contribution in [2.45, 2.75) is 25.8 Å². The number of hydrogen-bond donors (Lipinski definition) is 1. The molecule has 1 aliphatic rings. The molecule has 16 heavy (non-hydrogen) atoms. The van der Waals surface area contributed by atoms with Crippen LogP contribution in [0.1, 0.15) is 30.3 Å². The minimum Gasteiger partial charge on any atom is -0.381 e. The first-order chi connectivity index (χ1) is 7.27. The van der Waals surface area contributed by atoms with Crippen LogP contribution in [0.2, 0.25) is 0 Å². The van der Waals surface area contributed by atoms with E-state index in [2.05, 4.69) is 4.98 Å². The zero-order chi connectivity index (χ0) is 10.7. The number of rotatable bonds is 2. The number of aryl methyl sites for hydroxylation is 1. The molecule has 0 spiro atoms. The first-order valence-corrected chi connectivity index (χ1v) is 5.54. The molecule has 4 heteroatoms. The smallest absolute Gasteiger partial charge is 0.0577 e. The van der Waals surface area contributed by atoms with Crippen molar-refractivity contribution < 1.29 is 4.74 Å². The van der Waals surface area contributed by atoms with Crippen LogP contribution in [-0.2, 0) is 4.74 Å². The fourth-order valence-corrected chi connectivity index (χ4v) is 2.07. The van der Waals surface area contributed by atoms with Crippen LogP contribution in [0.25, 0.3) is 0 Å². The standard InChI is InChI=1S/C12H18N2O.ClH/c1-9-3-2-4-11(14-9)12(13)10-5-7-15-8-6-10;/h2-4,10,12H,5-8,13H2,1H3;1H. The second-order valence-electron chi connectivity index (χ2n) is 4.18. The molecular weight excluding hydrogens is 224 g/mol. The van der Waals surface area contributed by atoms with Crippen molar-refractivity contribution in [1.29, 1.82) is 0 Å². The normalized spacial score (nSPS) is 18.9. The van der Waals surface area contributed by atoms with Crippen LogP contribution in [0.15, 0.2) is 18.2 Å². The maximum atomic E-state index is 6.22. The van der Waals surface area contributed by atoms with Crippen LogP contribution < -0.4 is 5.73 Å². The third-order valence-corrected chi connectivity index (χ3v) is 3.03. The second-order valence-corrected chi connectivity index (χ2v) is 4.18. The largest absolute Gasteiger partial charge is 0.381 e. The van der Waals surface area contributed by atoms with Crippen molar-refractivity contribution in [1.82, 2.24) is 4.98 Å². The van der Waals surface area contributed by atoms with E-state index < -0.39 is 0 Å². The van der Waals surface area contributed by atoms with E-state index in [9.17, 15) is 0 Å². The lowest BCUT2D eigenvalue weighted by Gasteiger charge is -2.27. The third-order valence-electron chi connectivity index (χ3n) is 3.03. The molecule has 1 fully saturated rings. The summed E-state index contributed by atoms with van der Waals surface area (Å²) < 4.78 is 5.33. The van der Waals surface area contributed by atoms with Gasteiger partial charge in [-0.25, -0.2) is 0 Å². The summed E-state index contributed by atoms with van der Waals surface area (Å²) in [4.78, 5) is 4.48. The molecule has 0 saturated carbocycles. The minimum atomic E-state index is 0. The number of nitrogens with zero attached hydrogens (tertiary/aromatic N) is 1. The molecule has 2 rings (SSSR count). The Morgan fingerprint density at radius 3 is 2.69 bits per heavy atom. The Morgan fingerprint density at radius 2 is 2.06 bits per heavy atom. The fourth-order valence-electron chi connectivity index (χ4n) is 2.07. The Morgan fingerprint density at radius 1 is 1.38 bits per heavy atom. The maximum Gasteiger partial charge on any atom is 0.0577 e. The number of nitrogens with two attached hydrogens (primary N) is 1. The van der Waals surface area contributed by atoms with E-state index in [1.807, 2.05) is 25.1 Å². The Hall–Kier alpha value is -0.640. The zero-order valence-electron chi connectivity index (χ0n) is 9.56. The van der Waals surface area contributed by atoms with E-state index in [1.165, 1.54) is 0 Å². The average Bonchev–Trinajstić information content (AvgIpc) is 2.29. The van der Waals surface area contributed by atoms with Crippen LogP contribution in [-0.4, -0.2) is 18.2 Å². The quantitative estimate of drug-likeness (QED) is 0.865. The highest BCUT2D eigenvalue weighted by molar-refractivity contribution is 5.85. The Labute approximate surface area is 103 Å². The number of pyridine rings is 1. The summed E-state index contributed by atoms with van der Waals surface area (Å²) >= 11 is 0. The molecular formula is C12H19ClN2O. The number of aromatic nitrogens is 1. The second kappa shape index (κ2) is 6.18. The van der Waals surface area contributed by atoms with Crippen molar-refractivity contribution in [3.63, 3.8) is 0 Å². The van der Waals surface area contributed by atoms with Crippen LogP contribution >= 0.6 is 12.4 Å². The molecule has 1 aromatic rings. The molecule has 0 radical (unpaired) electrons. The van der Waals surface area contributed by atoms with Crippen LogP contribution in [0, 0.1) is 12.8 Å². The summed E-state index contributed by atoms with van der Waals surface area (Å²) in [5.74, 6) is 0.521. The van der Waals surface area contributed by atoms with Gasteiger partial charge in [0.2, 0.25) is 0 Å². The van der Waals surface area contributed by atoms with Gasteiger partial charge in [0.05, 0.1) is 11.7 Å². The third kappa shape index (κ3) is 3.17. The lowest BCUT2D eigenvalue weighted by molar-refractivity contribution is 0.0579. The highest BCUT2D eigenvalue weighted by Crippen LogP contribution is 2.26. The molecule has 0 bridgehead atoms. The minimum absolute atomic E-state index is 0. The lowest BCUT2D eigenvalue weighted by atomic mass is 9.90. The van der Waals surface area contributed by atoms with Gasteiger partial charge in [0.1, 0.15) is 0 Å². The number of ether oxygens (including phenoxy) is 1. The van der Waals surface area contributed by atoms with Crippen molar-refractivity contribution in [3.8, 4) is 0 Å². The van der Waals surface area contributed by atoms with Gasteiger partial charge in [-0.2, -0.15) is 0 Å². The van der Waals surface area contributed by atoms with Gasteiger partial charge in [-0.1, -0.05) is 6.07 Å². The van der Waals surface area contributed by atoms with Crippen LogP contribution in [0.4, 0.5) is 0 Å². The summed E-state index contributed by atoms with van der Waals surface area (Å²) in [6.45, 7) is 3.68. The summed E-state index contributed by atoms with van der Waals surface area (Å²) in [5, 5.41) is 0. The average molecular weight is 243 g/mol. The highest BCUT2D eigenvalue weighted by atomic mass is 35.5. The highest BCUT2D eigenvalue weighted by Gasteiger charge is 2.22. The van der Waals surface area contributed by atoms with Gasteiger partial charge < -0.3 is 10.5 Å². The van der Waals surface area contributed by atoms with Crippen molar-refractivity contribution in [3.05, 3.63) is 29.6 Å².